The van der Waals surface area contributed by atoms with Crippen LogP contribution in [0.1, 0.15) is 25.5 Å². The monoisotopic (exact) mass is 303 g/mol. The van der Waals surface area contributed by atoms with Crippen LogP contribution in [0.5, 0.6) is 0 Å². The fourth-order valence-corrected chi connectivity index (χ4v) is 5.36. The van der Waals surface area contributed by atoms with E-state index in [0.29, 0.717) is 16.1 Å². The Morgan fingerprint density at radius 2 is 1.84 bits per heavy atom. The third-order valence-electron chi connectivity index (χ3n) is 3.23. The van der Waals surface area contributed by atoms with Crippen LogP contribution < -0.4 is 5.32 Å². The second-order valence-corrected chi connectivity index (χ2v) is 7.42. The van der Waals surface area contributed by atoms with Gasteiger partial charge in [0.05, 0.1) is 0 Å². The minimum absolute atomic E-state index is 0.00278. The Hall–Kier alpha value is -0.260. The fraction of sp³-hybridized carbons (Fsp3) is 0.571. The minimum Gasteiger partial charge on any atom is -0.309 e. The molecule has 106 valence electrons. The van der Waals surface area contributed by atoms with Crippen LogP contribution in [0.25, 0.3) is 0 Å². The van der Waals surface area contributed by atoms with E-state index in [4.69, 9.17) is 0 Å². The minimum atomic E-state index is -0.501. The summed E-state index contributed by atoms with van der Waals surface area (Å²) in [7, 11) is 0. The first-order valence-corrected chi connectivity index (χ1v) is 8.64. The molecule has 0 aliphatic carbocycles. The Balaban J connectivity index is 2.27. The molecule has 1 aromatic carbocycles. The summed E-state index contributed by atoms with van der Waals surface area (Å²) < 4.78 is 26.8. The molecule has 19 heavy (non-hydrogen) atoms. The van der Waals surface area contributed by atoms with Crippen LogP contribution in [0.15, 0.2) is 18.2 Å². The van der Waals surface area contributed by atoms with Gasteiger partial charge in [0.15, 0.2) is 0 Å². The maximum absolute atomic E-state index is 13.4. The van der Waals surface area contributed by atoms with Crippen molar-refractivity contribution in [2.24, 2.45) is 0 Å². The van der Waals surface area contributed by atoms with E-state index < -0.39 is 11.6 Å². The van der Waals surface area contributed by atoms with Gasteiger partial charge >= 0.3 is 0 Å². The Bertz CT molecular complexity index is 408. The van der Waals surface area contributed by atoms with E-state index in [1.807, 2.05) is 30.4 Å². The maximum atomic E-state index is 13.4. The van der Waals surface area contributed by atoms with E-state index in [0.717, 1.165) is 24.1 Å². The standard InChI is InChI=1S/C14H19F2NS2/c1-3-17-13(14-9(2)18-4-5-19-14)10-6-11(15)8-12(16)7-10/h6-9,13-14,17H,3-5H2,1-2H3. The Kier molecular flexibility index (Phi) is 5.54. The largest absolute Gasteiger partial charge is 0.309 e. The van der Waals surface area contributed by atoms with Crippen molar-refractivity contribution in [2.45, 2.75) is 30.4 Å². The number of benzene rings is 1. The lowest BCUT2D eigenvalue weighted by Gasteiger charge is -2.35. The zero-order valence-electron chi connectivity index (χ0n) is 11.2. The van der Waals surface area contributed by atoms with Gasteiger partial charge in [-0.25, -0.2) is 8.78 Å². The lowest BCUT2D eigenvalue weighted by Crippen LogP contribution is -2.37. The molecular formula is C14H19F2NS2. The summed E-state index contributed by atoms with van der Waals surface area (Å²) in [6.07, 6.45) is 0. The summed E-state index contributed by atoms with van der Waals surface area (Å²) in [5.41, 5.74) is 0.714. The smallest absolute Gasteiger partial charge is 0.126 e. The summed E-state index contributed by atoms with van der Waals surface area (Å²) >= 11 is 3.83. The first-order chi connectivity index (χ1) is 9.11. The molecule has 1 nitrogen and oxygen atoms in total. The van der Waals surface area contributed by atoms with Crippen molar-refractivity contribution >= 4 is 23.5 Å². The average Bonchev–Trinajstić information content (AvgIpc) is 2.36. The molecule has 1 aliphatic heterocycles. The Morgan fingerprint density at radius 1 is 1.21 bits per heavy atom. The maximum Gasteiger partial charge on any atom is 0.126 e. The summed E-state index contributed by atoms with van der Waals surface area (Å²) in [5, 5.41) is 4.21. The van der Waals surface area contributed by atoms with Crippen LogP contribution in [-0.4, -0.2) is 28.6 Å². The lowest BCUT2D eigenvalue weighted by atomic mass is 10.0. The number of hydrogen-bond donors (Lipinski definition) is 1. The second kappa shape index (κ2) is 6.95. The van der Waals surface area contributed by atoms with E-state index in [1.54, 1.807) is 0 Å². The highest BCUT2D eigenvalue weighted by atomic mass is 32.2. The third kappa shape index (κ3) is 3.86. The van der Waals surface area contributed by atoms with Crippen LogP contribution in [-0.2, 0) is 0 Å². The van der Waals surface area contributed by atoms with E-state index >= 15 is 0 Å². The second-order valence-electron chi connectivity index (χ2n) is 4.65. The lowest BCUT2D eigenvalue weighted by molar-refractivity contribution is 0.512. The summed E-state index contributed by atoms with van der Waals surface area (Å²) in [6.45, 7) is 5.01. The quantitative estimate of drug-likeness (QED) is 0.907. The molecule has 0 aromatic heterocycles. The molecule has 0 amide bonds. The SMILES string of the molecule is CCNC(c1cc(F)cc(F)c1)C1SCCSC1C. The summed E-state index contributed by atoms with van der Waals surface area (Å²) in [5.74, 6) is 1.25. The highest BCUT2D eigenvalue weighted by Gasteiger charge is 2.31. The number of halogens is 2. The van der Waals surface area contributed by atoms with Crippen molar-refractivity contribution in [2.75, 3.05) is 18.1 Å². The molecular weight excluding hydrogens is 284 g/mol. The van der Waals surface area contributed by atoms with Crippen LogP contribution in [0.2, 0.25) is 0 Å². The number of nitrogens with one attached hydrogen (secondary N) is 1. The van der Waals surface area contributed by atoms with Gasteiger partial charge in [-0.15, -0.1) is 0 Å². The average molecular weight is 303 g/mol. The molecule has 1 aromatic rings. The summed E-state index contributed by atoms with van der Waals surface area (Å²) in [4.78, 5) is 0. The first-order valence-electron chi connectivity index (χ1n) is 6.54. The Morgan fingerprint density at radius 3 is 2.42 bits per heavy atom. The van der Waals surface area contributed by atoms with Crippen molar-refractivity contribution in [1.29, 1.82) is 0 Å². The van der Waals surface area contributed by atoms with Gasteiger partial charge < -0.3 is 5.32 Å². The molecule has 0 bridgehead atoms. The third-order valence-corrected chi connectivity index (χ3v) is 6.43. The van der Waals surface area contributed by atoms with Crippen LogP contribution >= 0.6 is 23.5 Å². The van der Waals surface area contributed by atoms with Gasteiger partial charge in [-0.05, 0) is 24.2 Å². The van der Waals surface area contributed by atoms with Crippen molar-refractivity contribution < 1.29 is 8.78 Å². The van der Waals surface area contributed by atoms with Gasteiger partial charge in [-0.1, -0.05) is 13.8 Å². The van der Waals surface area contributed by atoms with Crippen LogP contribution in [0.4, 0.5) is 8.78 Å². The zero-order valence-corrected chi connectivity index (χ0v) is 12.8. The van der Waals surface area contributed by atoms with Crippen LogP contribution in [0.3, 0.4) is 0 Å². The number of hydrogen-bond acceptors (Lipinski definition) is 3. The molecule has 1 heterocycles. The molecule has 3 atom stereocenters. The van der Waals surface area contributed by atoms with Gasteiger partial charge in [0, 0.05) is 34.1 Å². The number of rotatable bonds is 4. The predicted octanol–water partition coefficient (Wildman–Crippen LogP) is 3.85. The van der Waals surface area contributed by atoms with E-state index in [-0.39, 0.29) is 6.04 Å². The molecule has 0 spiro atoms. The van der Waals surface area contributed by atoms with Gasteiger partial charge in [0.1, 0.15) is 11.6 Å². The van der Waals surface area contributed by atoms with Crippen molar-refractivity contribution in [3.63, 3.8) is 0 Å². The van der Waals surface area contributed by atoms with Crippen LogP contribution in [0, 0.1) is 11.6 Å². The van der Waals surface area contributed by atoms with E-state index in [9.17, 15) is 8.78 Å². The highest BCUT2D eigenvalue weighted by molar-refractivity contribution is 8.07. The first kappa shape index (κ1) is 15.1. The molecule has 1 N–H and O–H groups in total. The molecule has 2 rings (SSSR count). The molecule has 0 radical (unpaired) electrons. The number of thioether (sulfide) groups is 2. The molecule has 1 fully saturated rings. The molecule has 1 aliphatic rings. The molecule has 3 unspecified atom stereocenters. The normalized spacial score (nSPS) is 25.3. The van der Waals surface area contributed by atoms with Gasteiger partial charge in [0.25, 0.3) is 0 Å². The fourth-order valence-electron chi connectivity index (χ4n) is 2.41. The molecule has 1 saturated heterocycles. The van der Waals surface area contributed by atoms with Crippen molar-refractivity contribution in [1.82, 2.24) is 5.32 Å². The molecule has 0 saturated carbocycles. The summed E-state index contributed by atoms with van der Waals surface area (Å²) in [6, 6.07) is 3.83. The van der Waals surface area contributed by atoms with E-state index in [2.05, 4.69) is 12.2 Å². The van der Waals surface area contributed by atoms with Crippen molar-refractivity contribution in [3.8, 4) is 0 Å². The van der Waals surface area contributed by atoms with Gasteiger partial charge in [-0.2, -0.15) is 23.5 Å². The highest BCUT2D eigenvalue weighted by Crippen LogP contribution is 2.38. The zero-order chi connectivity index (χ0) is 13.8. The predicted molar refractivity (Wildman–Crippen MR) is 80.9 cm³/mol. The van der Waals surface area contributed by atoms with E-state index in [1.165, 1.54) is 12.1 Å². The topological polar surface area (TPSA) is 12.0 Å². The molecule has 5 heteroatoms. The van der Waals surface area contributed by atoms with Gasteiger partial charge in [0.2, 0.25) is 0 Å². The van der Waals surface area contributed by atoms with Crippen molar-refractivity contribution in [3.05, 3.63) is 35.4 Å². The Labute approximate surface area is 121 Å². The van der Waals surface area contributed by atoms with Gasteiger partial charge in [-0.3, -0.25) is 0 Å².